The Kier molecular flexibility index (Phi) is 3.82. The van der Waals surface area contributed by atoms with E-state index in [2.05, 4.69) is 5.32 Å². The molecule has 0 radical (unpaired) electrons. The Bertz CT molecular complexity index is 372. The van der Waals surface area contributed by atoms with Gasteiger partial charge in [-0.15, -0.1) is 0 Å². The van der Waals surface area contributed by atoms with Crippen molar-refractivity contribution in [2.24, 2.45) is 5.92 Å². The molecule has 0 saturated carbocycles. The summed E-state index contributed by atoms with van der Waals surface area (Å²) >= 11 is 5.74. The summed E-state index contributed by atoms with van der Waals surface area (Å²) in [6, 6.07) is 3.63. The lowest BCUT2D eigenvalue weighted by molar-refractivity contribution is 0.371. The van der Waals surface area contributed by atoms with Crippen molar-refractivity contribution in [1.82, 2.24) is 5.32 Å². The standard InChI is InChI=1S/C13H17ClFN/c1-9-11(2-3-12(14)13(9)15)8-10-4-6-16-7-5-10/h2-3,10,16H,4-8H2,1H3. The number of nitrogens with one attached hydrogen (secondary N) is 1. The number of hydrogen-bond donors (Lipinski definition) is 1. The molecule has 0 aliphatic carbocycles. The number of rotatable bonds is 2. The quantitative estimate of drug-likeness (QED) is 0.838. The van der Waals surface area contributed by atoms with Crippen molar-refractivity contribution in [3.63, 3.8) is 0 Å². The molecule has 1 nitrogen and oxygen atoms in total. The van der Waals surface area contributed by atoms with Crippen LogP contribution in [0.4, 0.5) is 4.39 Å². The predicted octanol–water partition coefficient (Wildman–Crippen LogP) is 3.33. The molecule has 1 aliphatic heterocycles. The van der Waals surface area contributed by atoms with Gasteiger partial charge in [-0.1, -0.05) is 17.7 Å². The fourth-order valence-corrected chi connectivity index (χ4v) is 2.51. The van der Waals surface area contributed by atoms with Crippen LogP contribution in [0.5, 0.6) is 0 Å². The van der Waals surface area contributed by atoms with E-state index >= 15 is 0 Å². The summed E-state index contributed by atoms with van der Waals surface area (Å²) < 4.78 is 13.6. The fraction of sp³-hybridized carbons (Fsp3) is 0.538. The summed E-state index contributed by atoms with van der Waals surface area (Å²) in [5.41, 5.74) is 1.82. The normalized spacial score (nSPS) is 17.7. The van der Waals surface area contributed by atoms with Crippen molar-refractivity contribution in [3.05, 3.63) is 34.1 Å². The molecule has 1 aliphatic rings. The average Bonchev–Trinajstić information content (AvgIpc) is 2.31. The van der Waals surface area contributed by atoms with Crippen LogP contribution in [0, 0.1) is 18.7 Å². The average molecular weight is 242 g/mol. The van der Waals surface area contributed by atoms with Crippen LogP contribution in [0.15, 0.2) is 12.1 Å². The molecular formula is C13H17ClFN. The van der Waals surface area contributed by atoms with Crippen LogP contribution in [0.2, 0.25) is 5.02 Å². The van der Waals surface area contributed by atoms with Gasteiger partial charge in [-0.2, -0.15) is 0 Å². The first-order valence-electron chi connectivity index (χ1n) is 5.82. The van der Waals surface area contributed by atoms with Crippen LogP contribution < -0.4 is 5.32 Å². The van der Waals surface area contributed by atoms with Gasteiger partial charge in [-0.3, -0.25) is 0 Å². The first-order chi connectivity index (χ1) is 7.68. The van der Waals surface area contributed by atoms with E-state index in [9.17, 15) is 4.39 Å². The zero-order chi connectivity index (χ0) is 11.5. The third-order valence-electron chi connectivity index (χ3n) is 3.42. The maximum absolute atomic E-state index is 13.6. The minimum atomic E-state index is -0.256. The van der Waals surface area contributed by atoms with Gasteiger partial charge in [-0.05, 0) is 62.4 Å². The molecule has 16 heavy (non-hydrogen) atoms. The smallest absolute Gasteiger partial charge is 0.144 e. The van der Waals surface area contributed by atoms with Crippen LogP contribution in [0.1, 0.15) is 24.0 Å². The lowest BCUT2D eigenvalue weighted by Crippen LogP contribution is -2.28. The van der Waals surface area contributed by atoms with Gasteiger partial charge < -0.3 is 5.32 Å². The van der Waals surface area contributed by atoms with Crippen molar-refractivity contribution in [2.75, 3.05) is 13.1 Å². The SMILES string of the molecule is Cc1c(CC2CCNCC2)ccc(Cl)c1F. The molecule has 88 valence electrons. The van der Waals surface area contributed by atoms with E-state index in [1.807, 2.05) is 13.0 Å². The van der Waals surface area contributed by atoms with E-state index in [-0.39, 0.29) is 10.8 Å². The van der Waals surface area contributed by atoms with Gasteiger partial charge in [0.1, 0.15) is 5.82 Å². The molecule has 1 aromatic carbocycles. The second-order valence-electron chi connectivity index (χ2n) is 4.54. The lowest BCUT2D eigenvalue weighted by Gasteiger charge is -2.23. The molecule has 0 atom stereocenters. The van der Waals surface area contributed by atoms with E-state index < -0.39 is 0 Å². The summed E-state index contributed by atoms with van der Waals surface area (Å²) in [5.74, 6) is 0.425. The Morgan fingerprint density at radius 1 is 1.38 bits per heavy atom. The number of piperidine rings is 1. The minimum Gasteiger partial charge on any atom is -0.317 e. The van der Waals surface area contributed by atoms with E-state index in [0.717, 1.165) is 25.1 Å². The van der Waals surface area contributed by atoms with E-state index in [1.54, 1.807) is 6.07 Å². The van der Waals surface area contributed by atoms with Gasteiger partial charge in [0.25, 0.3) is 0 Å². The van der Waals surface area contributed by atoms with Crippen LogP contribution >= 0.6 is 11.6 Å². The zero-order valence-electron chi connectivity index (χ0n) is 9.52. The largest absolute Gasteiger partial charge is 0.317 e. The van der Waals surface area contributed by atoms with Crippen LogP contribution in [-0.2, 0) is 6.42 Å². The molecular weight excluding hydrogens is 225 g/mol. The summed E-state index contributed by atoms with van der Waals surface area (Å²) in [4.78, 5) is 0. The van der Waals surface area contributed by atoms with E-state index in [0.29, 0.717) is 11.5 Å². The van der Waals surface area contributed by atoms with Gasteiger partial charge >= 0.3 is 0 Å². The monoisotopic (exact) mass is 241 g/mol. The van der Waals surface area contributed by atoms with Crippen molar-refractivity contribution >= 4 is 11.6 Å². The van der Waals surface area contributed by atoms with Crippen LogP contribution in [0.25, 0.3) is 0 Å². The van der Waals surface area contributed by atoms with Gasteiger partial charge in [0.05, 0.1) is 5.02 Å². The topological polar surface area (TPSA) is 12.0 Å². The van der Waals surface area contributed by atoms with E-state index in [1.165, 1.54) is 12.8 Å². The van der Waals surface area contributed by atoms with Crippen LogP contribution in [0.3, 0.4) is 0 Å². The van der Waals surface area contributed by atoms with Gasteiger partial charge in [0.2, 0.25) is 0 Å². The summed E-state index contributed by atoms with van der Waals surface area (Å²) in [5, 5.41) is 3.57. The van der Waals surface area contributed by atoms with Gasteiger partial charge in [0.15, 0.2) is 0 Å². The van der Waals surface area contributed by atoms with Gasteiger partial charge in [-0.25, -0.2) is 4.39 Å². The second kappa shape index (κ2) is 5.15. The molecule has 0 aromatic heterocycles. The van der Waals surface area contributed by atoms with Crippen molar-refractivity contribution in [1.29, 1.82) is 0 Å². The molecule has 1 saturated heterocycles. The Hall–Kier alpha value is -0.600. The molecule has 1 aromatic rings. The first-order valence-corrected chi connectivity index (χ1v) is 6.20. The molecule has 1 fully saturated rings. The fourth-order valence-electron chi connectivity index (χ4n) is 2.31. The Labute approximate surface area is 101 Å². The summed E-state index contributed by atoms with van der Waals surface area (Å²) in [7, 11) is 0. The molecule has 3 heteroatoms. The van der Waals surface area contributed by atoms with Crippen molar-refractivity contribution in [3.8, 4) is 0 Å². The molecule has 0 amide bonds. The Morgan fingerprint density at radius 2 is 2.06 bits per heavy atom. The maximum atomic E-state index is 13.6. The van der Waals surface area contributed by atoms with Crippen LogP contribution in [-0.4, -0.2) is 13.1 Å². The number of hydrogen-bond acceptors (Lipinski definition) is 1. The molecule has 0 spiro atoms. The van der Waals surface area contributed by atoms with Crippen molar-refractivity contribution in [2.45, 2.75) is 26.2 Å². The Morgan fingerprint density at radius 3 is 2.75 bits per heavy atom. The summed E-state index contributed by atoms with van der Waals surface area (Å²) in [6.45, 7) is 3.98. The molecule has 1 heterocycles. The zero-order valence-corrected chi connectivity index (χ0v) is 10.3. The predicted molar refractivity (Wildman–Crippen MR) is 65.4 cm³/mol. The molecule has 2 rings (SSSR count). The summed E-state index contributed by atoms with van der Waals surface area (Å²) in [6.07, 6.45) is 3.34. The highest BCUT2D eigenvalue weighted by Crippen LogP contribution is 2.25. The number of benzene rings is 1. The highest BCUT2D eigenvalue weighted by molar-refractivity contribution is 6.30. The highest BCUT2D eigenvalue weighted by Gasteiger charge is 2.16. The maximum Gasteiger partial charge on any atom is 0.144 e. The first kappa shape index (κ1) is 11.9. The third-order valence-corrected chi connectivity index (χ3v) is 3.71. The third kappa shape index (κ3) is 2.55. The number of halogens is 2. The minimum absolute atomic E-state index is 0.228. The molecule has 1 N–H and O–H groups in total. The molecule has 0 unspecified atom stereocenters. The van der Waals surface area contributed by atoms with Gasteiger partial charge in [0, 0.05) is 0 Å². The lowest BCUT2D eigenvalue weighted by atomic mass is 9.89. The highest BCUT2D eigenvalue weighted by atomic mass is 35.5. The van der Waals surface area contributed by atoms with E-state index in [4.69, 9.17) is 11.6 Å². The Balaban J connectivity index is 2.11. The second-order valence-corrected chi connectivity index (χ2v) is 4.95. The van der Waals surface area contributed by atoms with Crippen molar-refractivity contribution < 1.29 is 4.39 Å². The molecule has 0 bridgehead atoms.